The number of unbranched alkanes of at least 4 members (excludes halogenated alkanes) is 4. The van der Waals surface area contributed by atoms with Crippen LogP contribution in [0.4, 0.5) is 25.8 Å². The summed E-state index contributed by atoms with van der Waals surface area (Å²) >= 11 is 0. The Labute approximate surface area is 396 Å². The molecular weight excluding hydrogens is 869 g/mol. The van der Waals surface area contributed by atoms with Crippen LogP contribution in [0.3, 0.4) is 0 Å². The molecule has 4 aromatic carbocycles. The molecule has 16 nitrogen and oxygen atoms in total. The number of carbonyl (C=O) groups is 7. The largest absolute Gasteiger partial charge is 0.465 e. The fourth-order valence-corrected chi connectivity index (χ4v) is 10.3. The summed E-state index contributed by atoms with van der Waals surface area (Å²) in [5.41, 5.74) is 4.94. The van der Waals surface area contributed by atoms with Crippen LogP contribution >= 0.6 is 0 Å². The maximum absolute atomic E-state index is 14.4. The van der Waals surface area contributed by atoms with Crippen LogP contribution in [0.2, 0.25) is 0 Å². The Morgan fingerprint density at radius 2 is 1.32 bits per heavy atom. The third kappa shape index (κ3) is 10.2. The highest BCUT2D eigenvalue weighted by atomic mass is 16.5. The number of Topliss-reactive ketones (excluding diaryl/α,β-unsaturated/α-hetero) is 1. The van der Waals surface area contributed by atoms with Gasteiger partial charge in [0, 0.05) is 29.8 Å². The molecule has 2 aliphatic heterocycles. The van der Waals surface area contributed by atoms with Crippen molar-refractivity contribution in [2.45, 2.75) is 114 Å². The lowest BCUT2D eigenvalue weighted by Gasteiger charge is -2.37. The zero-order valence-electron chi connectivity index (χ0n) is 38.7. The van der Waals surface area contributed by atoms with Gasteiger partial charge in [-0.15, -0.1) is 0 Å². The van der Waals surface area contributed by atoms with Gasteiger partial charge in [0.25, 0.3) is 11.8 Å². The average Bonchev–Trinajstić information content (AvgIpc) is 4.05. The van der Waals surface area contributed by atoms with E-state index in [2.05, 4.69) is 29.8 Å². The van der Waals surface area contributed by atoms with E-state index in [0.29, 0.717) is 35.3 Å². The predicted molar refractivity (Wildman–Crippen MR) is 255 cm³/mol. The van der Waals surface area contributed by atoms with Gasteiger partial charge in [0.2, 0.25) is 5.91 Å². The minimum atomic E-state index is -1.43. The summed E-state index contributed by atoms with van der Waals surface area (Å²) in [7, 11) is 1.21. The van der Waals surface area contributed by atoms with E-state index >= 15 is 0 Å². The highest BCUT2D eigenvalue weighted by Gasteiger charge is 2.46. The Kier molecular flexibility index (Phi) is 15.5. The van der Waals surface area contributed by atoms with Crippen LogP contribution in [-0.4, -0.2) is 94.2 Å². The standard InChI is InChI=1S/C52H60N6O10/c1-4-6-14-26-52(27-15-7-5-2)40-29-35(53-46(60)42-31-37(59)32-57(42)48(62)44(54-49(63)64)33-17-10-8-11-18-33)22-24-38(40)39-25-23-36(30-41(39)52)58(51(66)67)43-21-16-28-56(43)47(61)45(55-50(65)68-3)34-19-12-9-13-20-34/h8-13,17-20,22-25,29-30,42-45,54H,4-7,14-16,21,26-28,31-32H2,1-3H3,(H,53,60)(H,55,65)(H,63,64)(H,66,67)/t42-,43-,44+,45+/m0/s1. The summed E-state index contributed by atoms with van der Waals surface area (Å²) in [5, 5.41) is 28.5. The minimum Gasteiger partial charge on any atom is -0.465 e. The molecule has 3 aliphatic rings. The molecule has 16 heteroatoms. The second-order valence-electron chi connectivity index (χ2n) is 17.8. The fraction of sp³-hybridized carbons (Fsp3) is 0.404. The average molecular weight is 929 g/mol. The molecule has 0 spiro atoms. The summed E-state index contributed by atoms with van der Waals surface area (Å²) in [5.74, 6) is -2.10. The SMILES string of the molecule is CCCCCC1(CCCCC)c2cc(NC(=O)[C@@H]3CC(=O)CN3C(=O)[C@H](NC(=O)O)c3ccccc3)ccc2-c2ccc(N(C(=O)O)[C@H]3CCCN3C(=O)[C@H](NC(=O)OC)c3ccccc3)cc21. The Morgan fingerprint density at radius 3 is 1.90 bits per heavy atom. The lowest BCUT2D eigenvalue weighted by molar-refractivity contribution is -0.138. The van der Waals surface area contributed by atoms with Gasteiger partial charge in [0.15, 0.2) is 5.78 Å². The number of amides is 6. The third-order valence-electron chi connectivity index (χ3n) is 13.5. The normalized spacial score (nSPS) is 17.7. The van der Waals surface area contributed by atoms with Crippen LogP contribution in [0.1, 0.15) is 119 Å². The number of rotatable bonds is 18. The Bertz CT molecular complexity index is 2510. The summed E-state index contributed by atoms with van der Waals surface area (Å²) in [6, 6.07) is 24.7. The van der Waals surface area contributed by atoms with Gasteiger partial charge < -0.3 is 40.7 Å². The number of methoxy groups -OCH3 is 1. The van der Waals surface area contributed by atoms with E-state index in [9.17, 15) is 43.8 Å². The molecule has 0 saturated carbocycles. The first-order valence-corrected chi connectivity index (χ1v) is 23.5. The number of ketones is 1. The second kappa shape index (κ2) is 21.6. The first-order valence-electron chi connectivity index (χ1n) is 23.5. The number of hydrogen-bond acceptors (Lipinski definition) is 8. The highest BCUT2D eigenvalue weighted by molar-refractivity contribution is 6.05. The Balaban J connectivity index is 1.23. The zero-order chi connectivity index (χ0) is 48.5. The molecule has 6 amide bonds. The van der Waals surface area contributed by atoms with Gasteiger partial charge in [-0.05, 0) is 83.3 Å². The number of fused-ring (bicyclic) bond motifs is 3. The van der Waals surface area contributed by atoms with Crippen LogP contribution in [0.25, 0.3) is 11.1 Å². The van der Waals surface area contributed by atoms with E-state index < -0.39 is 65.7 Å². The van der Waals surface area contributed by atoms with Crippen LogP contribution in [0.5, 0.6) is 0 Å². The molecule has 2 heterocycles. The molecule has 0 radical (unpaired) electrons. The molecular formula is C52H60N6O10. The first kappa shape index (κ1) is 48.7. The lowest BCUT2D eigenvalue weighted by atomic mass is 9.70. The maximum Gasteiger partial charge on any atom is 0.413 e. The number of nitrogens with one attached hydrogen (secondary N) is 3. The molecule has 0 aromatic heterocycles. The number of hydrogen-bond donors (Lipinski definition) is 5. The van der Waals surface area contributed by atoms with Crippen LogP contribution in [-0.2, 0) is 29.3 Å². The molecule has 5 N–H and O–H groups in total. The number of carboxylic acid groups (broad SMARTS) is 2. The Morgan fingerprint density at radius 1 is 0.750 bits per heavy atom. The summed E-state index contributed by atoms with van der Waals surface area (Å²) in [4.78, 5) is 97.3. The van der Waals surface area contributed by atoms with Crippen molar-refractivity contribution in [1.29, 1.82) is 0 Å². The van der Waals surface area contributed by atoms with Crippen molar-refractivity contribution in [2.75, 3.05) is 30.4 Å². The molecule has 0 unspecified atom stereocenters. The van der Waals surface area contributed by atoms with Gasteiger partial charge in [0.05, 0.1) is 13.7 Å². The van der Waals surface area contributed by atoms with E-state index in [4.69, 9.17) is 4.74 Å². The smallest absolute Gasteiger partial charge is 0.413 e. The highest BCUT2D eigenvalue weighted by Crippen LogP contribution is 2.56. The molecule has 68 heavy (non-hydrogen) atoms. The number of alkyl carbamates (subject to hydrolysis) is 1. The van der Waals surface area contributed by atoms with Crippen molar-refractivity contribution >= 4 is 53.2 Å². The molecule has 2 fully saturated rings. The first-order chi connectivity index (χ1) is 32.8. The van der Waals surface area contributed by atoms with Crippen LogP contribution in [0, 0.1) is 0 Å². The molecule has 4 atom stereocenters. The molecule has 1 aliphatic carbocycles. The van der Waals surface area contributed by atoms with Crippen molar-refractivity contribution < 1.29 is 48.5 Å². The maximum atomic E-state index is 14.4. The fourth-order valence-electron chi connectivity index (χ4n) is 10.3. The van der Waals surface area contributed by atoms with Crippen LogP contribution < -0.4 is 20.9 Å². The van der Waals surface area contributed by atoms with E-state index in [-0.39, 0.29) is 25.3 Å². The molecule has 7 rings (SSSR count). The van der Waals surface area contributed by atoms with Crippen molar-refractivity contribution in [1.82, 2.24) is 20.4 Å². The zero-order valence-corrected chi connectivity index (χ0v) is 38.7. The van der Waals surface area contributed by atoms with Gasteiger partial charge in [-0.25, -0.2) is 14.4 Å². The summed E-state index contributed by atoms with van der Waals surface area (Å²) in [6.45, 7) is 4.20. The van der Waals surface area contributed by atoms with Gasteiger partial charge in [-0.1, -0.05) is 125 Å². The monoisotopic (exact) mass is 928 g/mol. The third-order valence-corrected chi connectivity index (χ3v) is 13.5. The molecule has 0 bridgehead atoms. The van der Waals surface area contributed by atoms with Crippen LogP contribution in [0.15, 0.2) is 97.1 Å². The topological polar surface area (TPSA) is 215 Å². The van der Waals surface area contributed by atoms with Crippen molar-refractivity contribution in [3.8, 4) is 11.1 Å². The number of ether oxygens (including phenoxy) is 1. The minimum absolute atomic E-state index is 0.234. The molecule has 2 saturated heterocycles. The van der Waals surface area contributed by atoms with Gasteiger partial charge in [-0.3, -0.25) is 24.1 Å². The number of nitrogens with zero attached hydrogens (tertiary/aromatic N) is 3. The van der Waals surface area contributed by atoms with Gasteiger partial charge >= 0.3 is 18.3 Å². The number of benzene rings is 4. The quantitative estimate of drug-likeness (QED) is 0.0598. The van der Waals surface area contributed by atoms with Crippen molar-refractivity contribution in [2.24, 2.45) is 0 Å². The predicted octanol–water partition coefficient (Wildman–Crippen LogP) is 8.76. The number of anilines is 2. The van der Waals surface area contributed by atoms with Gasteiger partial charge in [0.1, 0.15) is 24.3 Å². The number of likely N-dealkylation sites (tertiary alicyclic amines) is 2. The summed E-state index contributed by atoms with van der Waals surface area (Å²) < 4.78 is 4.86. The van der Waals surface area contributed by atoms with E-state index in [1.807, 2.05) is 24.3 Å². The van der Waals surface area contributed by atoms with E-state index in [1.165, 1.54) is 16.9 Å². The van der Waals surface area contributed by atoms with Crippen molar-refractivity contribution in [3.05, 3.63) is 119 Å². The lowest BCUT2D eigenvalue weighted by Crippen LogP contribution is -2.53. The van der Waals surface area contributed by atoms with Crippen molar-refractivity contribution in [3.63, 3.8) is 0 Å². The summed E-state index contributed by atoms with van der Waals surface area (Å²) in [6.07, 6.45) is 3.41. The molecule has 4 aromatic rings. The Hall–Kier alpha value is -7.23. The van der Waals surface area contributed by atoms with E-state index in [1.54, 1.807) is 72.8 Å². The number of carbonyl (C=O) groups excluding carboxylic acids is 5. The van der Waals surface area contributed by atoms with E-state index in [0.717, 1.165) is 78.5 Å². The second-order valence-corrected chi connectivity index (χ2v) is 17.8. The van der Waals surface area contributed by atoms with Gasteiger partial charge in [-0.2, -0.15) is 0 Å². The molecule has 358 valence electrons.